The highest BCUT2D eigenvalue weighted by Crippen LogP contribution is 2.28. The maximum atomic E-state index is 12.9. The molecule has 1 rings (SSSR count). The number of carbonyl (C=O) groups excluding carboxylic acids is 2. The second-order valence-electron chi connectivity index (χ2n) is 6.98. The number of aliphatic carboxylic acids is 1. The molecule has 150 valence electrons. The van der Waals surface area contributed by atoms with Crippen molar-refractivity contribution < 1.29 is 24.2 Å². The van der Waals surface area contributed by atoms with Crippen LogP contribution in [0, 0.1) is 6.92 Å². The molecule has 2 N–H and O–H groups in total. The van der Waals surface area contributed by atoms with Gasteiger partial charge in [-0.15, -0.1) is 0 Å². The van der Waals surface area contributed by atoms with Gasteiger partial charge in [-0.1, -0.05) is 26.0 Å². The van der Waals surface area contributed by atoms with Gasteiger partial charge >= 0.3 is 5.97 Å². The fourth-order valence-electron chi connectivity index (χ4n) is 2.68. The van der Waals surface area contributed by atoms with Crippen molar-refractivity contribution in [3.63, 3.8) is 0 Å². The van der Waals surface area contributed by atoms with Crippen LogP contribution in [0.3, 0.4) is 0 Å². The normalized spacial score (nSPS) is 13.0. The molecule has 0 bridgehead atoms. The first-order chi connectivity index (χ1) is 12.5. The van der Waals surface area contributed by atoms with Crippen molar-refractivity contribution in [3.05, 3.63) is 29.3 Å². The first kappa shape index (κ1) is 22.5. The number of carboxylic acids is 1. The van der Waals surface area contributed by atoms with Crippen molar-refractivity contribution >= 4 is 17.8 Å². The Balaban J connectivity index is 2.99. The first-order valence-corrected chi connectivity index (χ1v) is 9.09. The minimum absolute atomic E-state index is 0.0877. The number of carboxylic acid groups (broad SMARTS) is 1. The lowest BCUT2D eigenvalue weighted by Gasteiger charge is -2.30. The van der Waals surface area contributed by atoms with Gasteiger partial charge in [0.2, 0.25) is 5.91 Å². The van der Waals surface area contributed by atoms with Crippen LogP contribution in [0.25, 0.3) is 0 Å². The van der Waals surface area contributed by atoms with Crippen LogP contribution in [0.4, 0.5) is 0 Å². The highest BCUT2D eigenvalue weighted by atomic mass is 16.5. The summed E-state index contributed by atoms with van der Waals surface area (Å²) in [6.07, 6.45) is -0.858. The van der Waals surface area contributed by atoms with Crippen molar-refractivity contribution in [1.29, 1.82) is 0 Å². The van der Waals surface area contributed by atoms with Gasteiger partial charge in [-0.3, -0.25) is 9.59 Å². The smallest absolute Gasteiger partial charge is 0.326 e. The summed E-state index contributed by atoms with van der Waals surface area (Å²) in [5.74, 6) is -0.952. The van der Waals surface area contributed by atoms with Crippen LogP contribution in [0.15, 0.2) is 18.2 Å². The molecule has 0 aliphatic rings. The maximum Gasteiger partial charge on any atom is 0.326 e. The predicted molar refractivity (Wildman–Crippen MR) is 103 cm³/mol. The average molecular weight is 378 g/mol. The van der Waals surface area contributed by atoms with E-state index in [9.17, 15) is 19.5 Å². The van der Waals surface area contributed by atoms with Gasteiger partial charge in [0, 0.05) is 20.0 Å². The van der Waals surface area contributed by atoms with E-state index >= 15 is 0 Å². The summed E-state index contributed by atoms with van der Waals surface area (Å²) in [5.41, 5.74) is 1.99. The van der Waals surface area contributed by atoms with Gasteiger partial charge in [-0.05, 0) is 43.9 Å². The summed E-state index contributed by atoms with van der Waals surface area (Å²) in [5, 5.41) is 11.9. The molecule has 1 aromatic carbocycles. The fourth-order valence-corrected chi connectivity index (χ4v) is 2.68. The van der Waals surface area contributed by atoms with Gasteiger partial charge in [0.05, 0.1) is 0 Å². The van der Waals surface area contributed by atoms with Crippen molar-refractivity contribution in [2.45, 2.75) is 59.6 Å². The highest BCUT2D eigenvalue weighted by molar-refractivity contribution is 5.86. The number of carbonyl (C=O) groups is 3. The molecule has 0 heterocycles. The SMILES string of the molecule is CC(=O)NCCN(C(=O)C(C)Oc1cc(C)ccc1C(C)C)C(C)C(=O)O. The Labute approximate surface area is 160 Å². The van der Waals surface area contributed by atoms with E-state index in [0.717, 1.165) is 11.1 Å². The lowest BCUT2D eigenvalue weighted by molar-refractivity contribution is -0.152. The van der Waals surface area contributed by atoms with Crippen molar-refractivity contribution in [3.8, 4) is 5.75 Å². The Bertz CT molecular complexity index is 687. The molecule has 0 aliphatic heterocycles. The Morgan fingerprint density at radius 1 is 1.19 bits per heavy atom. The molecule has 0 aliphatic carbocycles. The Hall–Kier alpha value is -2.57. The zero-order valence-electron chi connectivity index (χ0n) is 16.9. The number of aryl methyl sites for hydroxylation is 1. The van der Waals surface area contributed by atoms with Crippen LogP contribution in [0.5, 0.6) is 5.75 Å². The van der Waals surface area contributed by atoms with Crippen molar-refractivity contribution in [2.75, 3.05) is 13.1 Å². The number of nitrogens with one attached hydrogen (secondary N) is 1. The number of amides is 2. The van der Waals surface area contributed by atoms with E-state index in [1.807, 2.05) is 39.0 Å². The molecule has 0 saturated heterocycles. The largest absolute Gasteiger partial charge is 0.481 e. The molecule has 1 aromatic rings. The van der Waals surface area contributed by atoms with Gasteiger partial charge in [0.1, 0.15) is 11.8 Å². The average Bonchev–Trinajstić information content (AvgIpc) is 2.57. The molecule has 7 heteroatoms. The third-order valence-corrected chi connectivity index (χ3v) is 4.28. The minimum Gasteiger partial charge on any atom is -0.481 e. The number of hydrogen-bond acceptors (Lipinski definition) is 4. The lowest BCUT2D eigenvalue weighted by Crippen LogP contribution is -2.51. The van der Waals surface area contributed by atoms with E-state index < -0.39 is 24.0 Å². The fraction of sp³-hybridized carbons (Fsp3) is 0.550. The molecule has 2 atom stereocenters. The molecule has 0 saturated carbocycles. The molecule has 0 fully saturated rings. The van der Waals surface area contributed by atoms with E-state index in [1.165, 1.54) is 18.7 Å². The number of rotatable bonds is 9. The zero-order chi connectivity index (χ0) is 20.7. The van der Waals surface area contributed by atoms with Crippen LogP contribution < -0.4 is 10.1 Å². The number of nitrogens with zero attached hydrogens (tertiary/aromatic N) is 1. The zero-order valence-corrected chi connectivity index (χ0v) is 16.9. The molecular formula is C20H30N2O5. The second-order valence-corrected chi connectivity index (χ2v) is 6.98. The summed E-state index contributed by atoms with van der Waals surface area (Å²) in [6, 6.07) is 4.81. The predicted octanol–water partition coefficient (Wildman–Crippen LogP) is 2.32. The van der Waals surface area contributed by atoms with E-state index in [-0.39, 0.29) is 24.9 Å². The summed E-state index contributed by atoms with van der Waals surface area (Å²) >= 11 is 0. The lowest BCUT2D eigenvalue weighted by atomic mass is 10.0. The third kappa shape index (κ3) is 6.58. The molecule has 0 spiro atoms. The molecule has 0 radical (unpaired) electrons. The topological polar surface area (TPSA) is 95.9 Å². The number of ether oxygens (including phenoxy) is 1. The van der Waals surface area contributed by atoms with Gasteiger partial charge in [0.25, 0.3) is 5.91 Å². The molecule has 0 aromatic heterocycles. The molecular weight excluding hydrogens is 348 g/mol. The van der Waals surface area contributed by atoms with Crippen molar-refractivity contribution in [1.82, 2.24) is 10.2 Å². The summed E-state index contributed by atoms with van der Waals surface area (Å²) in [7, 11) is 0. The quantitative estimate of drug-likeness (QED) is 0.687. The molecule has 2 unspecified atom stereocenters. The Morgan fingerprint density at radius 3 is 2.33 bits per heavy atom. The van der Waals surface area contributed by atoms with E-state index in [1.54, 1.807) is 6.92 Å². The summed E-state index contributed by atoms with van der Waals surface area (Å²) < 4.78 is 5.92. The van der Waals surface area contributed by atoms with Gasteiger partial charge in [-0.25, -0.2) is 4.79 Å². The molecule has 27 heavy (non-hydrogen) atoms. The van der Waals surface area contributed by atoms with Crippen LogP contribution in [-0.4, -0.2) is 53.0 Å². The van der Waals surface area contributed by atoms with Gasteiger partial charge < -0.3 is 20.1 Å². The first-order valence-electron chi connectivity index (χ1n) is 9.09. The van der Waals surface area contributed by atoms with Gasteiger partial charge in [0.15, 0.2) is 6.10 Å². The third-order valence-electron chi connectivity index (χ3n) is 4.28. The Morgan fingerprint density at radius 2 is 1.81 bits per heavy atom. The minimum atomic E-state index is -1.11. The van der Waals surface area contributed by atoms with Crippen LogP contribution >= 0.6 is 0 Å². The van der Waals surface area contributed by atoms with Crippen LogP contribution in [0.2, 0.25) is 0 Å². The van der Waals surface area contributed by atoms with E-state index in [0.29, 0.717) is 5.75 Å². The maximum absolute atomic E-state index is 12.9. The van der Waals surface area contributed by atoms with E-state index in [2.05, 4.69) is 5.32 Å². The summed E-state index contributed by atoms with van der Waals surface area (Å²) in [6.45, 7) is 10.7. The van der Waals surface area contributed by atoms with E-state index in [4.69, 9.17) is 4.74 Å². The van der Waals surface area contributed by atoms with Crippen LogP contribution in [0.1, 0.15) is 51.7 Å². The monoisotopic (exact) mass is 378 g/mol. The summed E-state index contributed by atoms with van der Waals surface area (Å²) in [4.78, 5) is 36.5. The highest BCUT2D eigenvalue weighted by Gasteiger charge is 2.30. The standard InChI is InChI=1S/C20H30N2O5/c1-12(2)17-8-7-13(3)11-18(17)27-15(5)19(24)22(14(4)20(25)26)10-9-21-16(6)23/h7-8,11-12,14-15H,9-10H2,1-6H3,(H,21,23)(H,25,26). The molecule has 2 amide bonds. The second kappa shape index (κ2) is 9.94. The van der Waals surface area contributed by atoms with Crippen molar-refractivity contribution in [2.24, 2.45) is 0 Å². The van der Waals surface area contributed by atoms with Crippen LogP contribution in [-0.2, 0) is 14.4 Å². The Kier molecular flexibility index (Phi) is 8.28. The number of benzene rings is 1. The molecule has 7 nitrogen and oxygen atoms in total. The van der Waals surface area contributed by atoms with Gasteiger partial charge in [-0.2, -0.15) is 0 Å². The number of hydrogen-bond donors (Lipinski definition) is 2.